The van der Waals surface area contributed by atoms with E-state index in [0.29, 0.717) is 30.0 Å². The topological polar surface area (TPSA) is 93.3 Å². The van der Waals surface area contributed by atoms with Crippen molar-refractivity contribution >= 4 is 24.0 Å². The van der Waals surface area contributed by atoms with Crippen molar-refractivity contribution in [3.8, 4) is 0 Å². The Hall–Kier alpha value is -2.45. The number of rotatable bonds is 4. The van der Waals surface area contributed by atoms with Gasteiger partial charge in [-0.2, -0.15) is 5.10 Å². The van der Waals surface area contributed by atoms with Crippen LogP contribution in [0.15, 0.2) is 24.3 Å². The van der Waals surface area contributed by atoms with E-state index < -0.39 is 4.92 Å². The number of aromatic nitrogens is 2. The zero-order valence-electron chi connectivity index (χ0n) is 15.6. The highest BCUT2D eigenvalue weighted by atomic mass is 35.5. The van der Waals surface area contributed by atoms with Crippen molar-refractivity contribution in [2.24, 2.45) is 0 Å². The predicted octanol–water partition coefficient (Wildman–Crippen LogP) is 2.31. The maximum atomic E-state index is 12.7. The summed E-state index contributed by atoms with van der Waals surface area (Å²) in [6.07, 6.45) is 0. The fraction of sp³-hybridized carbons (Fsp3) is 0.444. The largest absolute Gasteiger partial charge is 0.333 e. The molecule has 3 rings (SSSR count). The first-order valence-electron chi connectivity index (χ1n) is 8.67. The van der Waals surface area contributed by atoms with E-state index in [1.54, 1.807) is 18.5 Å². The summed E-state index contributed by atoms with van der Waals surface area (Å²) < 4.78 is 1.63. The fourth-order valence-corrected chi connectivity index (χ4v) is 3.34. The second-order valence-electron chi connectivity index (χ2n) is 6.68. The van der Waals surface area contributed by atoms with Crippen LogP contribution in [0.2, 0.25) is 0 Å². The minimum absolute atomic E-state index is 0. The number of nitrogens with zero attached hydrogens (tertiary/aromatic N) is 4. The third kappa shape index (κ3) is 4.28. The number of hydrogen-bond acceptors (Lipinski definition) is 5. The van der Waals surface area contributed by atoms with Gasteiger partial charge in [0.1, 0.15) is 11.4 Å². The molecule has 1 aromatic heterocycles. The number of amides is 1. The number of halogens is 1. The Morgan fingerprint density at radius 2 is 2.00 bits per heavy atom. The van der Waals surface area contributed by atoms with Crippen molar-refractivity contribution in [3.63, 3.8) is 0 Å². The van der Waals surface area contributed by atoms with Gasteiger partial charge in [-0.1, -0.05) is 12.1 Å². The Bertz CT molecular complexity index is 834. The first-order valence-corrected chi connectivity index (χ1v) is 8.67. The number of aryl methyl sites for hydroxylation is 1. The summed E-state index contributed by atoms with van der Waals surface area (Å²) in [4.78, 5) is 25.3. The number of benzene rings is 1. The van der Waals surface area contributed by atoms with Crippen LogP contribution in [0.5, 0.6) is 0 Å². The summed E-state index contributed by atoms with van der Waals surface area (Å²) in [7, 11) is 0. The van der Waals surface area contributed by atoms with Gasteiger partial charge >= 0.3 is 5.69 Å². The third-order valence-corrected chi connectivity index (χ3v) is 4.82. The molecule has 1 aliphatic rings. The molecule has 2 aromatic rings. The first-order chi connectivity index (χ1) is 12.4. The van der Waals surface area contributed by atoms with Crippen LogP contribution in [0.4, 0.5) is 5.69 Å². The number of carbonyl (C=O) groups excluding carboxylic acids is 1. The van der Waals surface area contributed by atoms with Crippen LogP contribution in [0.25, 0.3) is 0 Å². The van der Waals surface area contributed by atoms with E-state index in [4.69, 9.17) is 0 Å². The van der Waals surface area contributed by atoms with Gasteiger partial charge in [-0.25, -0.2) is 0 Å². The van der Waals surface area contributed by atoms with Crippen molar-refractivity contribution in [3.05, 3.63) is 56.9 Å². The highest BCUT2D eigenvalue weighted by molar-refractivity contribution is 5.94. The van der Waals surface area contributed by atoms with Crippen molar-refractivity contribution in [1.82, 2.24) is 20.0 Å². The molecule has 1 aromatic carbocycles. The van der Waals surface area contributed by atoms with Crippen LogP contribution in [0.1, 0.15) is 34.2 Å². The molecular formula is C18H24ClN5O3. The van der Waals surface area contributed by atoms with Gasteiger partial charge in [-0.3, -0.25) is 19.6 Å². The quantitative estimate of drug-likeness (QED) is 0.635. The van der Waals surface area contributed by atoms with E-state index in [2.05, 4.69) is 10.4 Å². The van der Waals surface area contributed by atoms with Gasteiger partial charge in [-0.15, -0.1) is 12.4 Å². The molecule has 27 heavy (non-hydrogen) atoms. The molecule has 1 atom stereocenters. The van der Waals surface area contributed by atoms with Gasteiger partial charge in [0.2, 0.25) is 0 Å². The number of carbonyl (C=O) groups is 1. The first kappa shape index (κ1) is 20.9. The van der Waals surface area contributed by atoms with Crippen molar-refractivity contribution < 1.29 is 9.72 Å². The lowest BCUT2D eigenvalue weighted by molar-refractivity contribution is -0.386. The average Bonchev–Trinajstić information content (AvgIpc) is 2.89. The Labute approximate surface area is 164 Å². The van der Waals surface area contributed by atoms with E-state index in [-0.39, 0.29) is 30.0 Å². The average molecular weight is 394 g/mol. The molecule has 1 aliphatic heterocycles. The van der Waals surface area contributed by atoms with Gasteiger partial charge < -0.3 is 10.2 Å². The van der Waals surface area contributed by atoms with E-state index in [9.17, 15) is 14.9 Å². The predicted molar refractivity (Wildman–Crippen MR) is 105 cm³/mol. The maximum Gasteiger partial charge on any atom is 0.312 e. The lowest BCUT2D eigenvalue weighted by Crippen LogP contribution is -2.52. The molecule has 1 saturated heterocycles. The SMILES string of the molecule is Cc1nn(Cc2ccc(C(=O)N3CCNC[C@@H]3C)cc2)c(C)c1[N+](=O)[O-].Cl. The van der Waals surface area contributed by atoms with Crippen molar-refractivity contribution in [2.75, 3.05) is 19.6 Å². The lowest BCUT2D eigenvalue weighted by atomic mass is 10.1. The molecule has 0 aliphatic carbocycles. The highest BCUT2D eigenvalue weighted by Gasteiger charge is 2.24. The lowest BCUT2D eigenvalue weighted by Gasteiger charge is -2.34. The van der Waals surface area contributed by atoms with Crippen molar-refractivity contribution in [2.45, 2.75) is 33.4 Å². The number of piperazine rings is 1. The smallest absolute Gasteiger partial charge is 0.312 e. The number of nitro groups is 1. The summed E-state index contributed by atoms with van der Waals surface area (Å²) in [6.45, 7) is 8.12. The second-order valence-corrected chi connectivity index (χ2v) is 6.68. The number of hydrogen-bond donors (Lipinski definition) is 1. The molecule has 1 amide bonds. The Balaban J connectivity index is 0.00000261. The summed E-state index contributed by atoms with van der Waals surface area (Å²) in [5.74, 6) is 0.0345. The normalized spacial score (nSPS) is 16.7. The summed E-state index contributed by atoms with van der Waals surface area (Å²) >= 11 is 0. The molecule has 2 heterocycles. The maximum absolute atomic E-state index is 12.7. The molecule has 0 radical (unpaired) electrons. The number of nitrogens with one attached hydrogen (secondary N) is 1. The minimum Gasteiger partial charge on any atom is -0.333 e. The second kappa shape index (κ2) is 8.49. The summed E-state index contributed by atoms with van der Waals surface area (Å²) in [6, 6.07) is 7.55. The van der Waals surface area contributed by atoms with Crippen LogP contribution in [0.3, 0.4) is 0 Å². The van der Waals surface area contributed by atoms with E-state index in [0.717, 1.165) is 18.7 Å². The molecular weight excluding hydrogens is 370 g/mol. The van der Waals surface area contributed by atoms with E-state index in [1.165, 1.54) is 0 Å². The molecule has 1 fully saturated rings. The van der Waals surface area contributed by atoms with E-state index >= 15 is 0 Å². The molecule has 9 heteroatoms. The Morgan fingerprint density at radius 3 is 2.56 bits per heavy atom. The molecule has 8 nitrogen and oxygen atoms in total. The van der Waals surface area contributed by atoms with Crippen LogP contribution in [0, 0.1) is 24.0 Å². The minimum atomic E-state index is -0.398. The van der Waals surface area contributed by atoms with E-state index in [1.807, 2.05) is 36.1 Å². The highest BCUT2D eigenvalue weighted by Crippen LogP contribution is 2.22. The van der Waals surface area contributed by atoms with Gasteiger partial charge in [-0.05, 0) is 38.5 Å². The monoisotopic (exact) mass is 393 g/mol. The zero-order valence-corrected chi connectivity index (χ0v) is 16.5. The van der Waals surface area contributed by atoms with Gasteiger partial charge in [0.25, 0.3) is 5.91 Å². The van der Waals surface area contributed by atoms with Crippen LogP contribution < -0.4 is 5.32 Å². The van der Waals surface area contributed by atoms with Crippen LogP contribution >= 0.6 is 12.4 Å². The summed E-state index contributed by atoms with van der Waals surface area (Å²) in [5.41, 5.74) is 2.59. The Kier molecular flexibility index (Phi) is 6.56. The van der Waals surface area contributed by atoms with Gasteiger partial charge in [0.15, 0.2) is 0 Å². The van der Waals surface area contributed by atoms with Gasteiger partial charge in [0, 0.05) is 31.2 Å². The van der Waals surface area contributed by atoms with Crippen LogP contribution in [-0.2, 0) is 6.54 Å². The molecule has 146 valence electrons. The standard InChI is InChI=1S/C18H23N5O3.ClH/c1-12-10-19-8-9-21(12)18(24)16-6-4-15(5-7-16)11-22-14(3)17(23(25)26)13(2)20-22;/h4-7,12,19H,8-11H2,1-3H3;1H/t12-;/m0./s1. The third-order valence-electron chi connectivity index (χ3n) is 4.82. The Morgan fingerprint density at radius 1 is 1.33 bits per heavy atom. The molecule has 0 spiro atoms. The zero-order chi connectivity index (χ0) is 18.8. The van der Waals surface area contributed by atoms with Crippen molar-refractivity contribution in [1.29, 1.82) is 0 Å². The van der Waals surface area contributed by atoms with Gasteiger partial charge in [0.05, 0.1) is 11.5 Å². The van der Waals surface area contributed by atoms with Crippen LogP contribution in [-0.4, -0.2) is 51.2 Å². The summed E-state index contributed by atoms with van der Waals surface area (Å²) in [5, 5.41) is 18.6. The fourth-order valence-electron chi connectivity index (χ4n) is 3.34. The molecule has 0 unspecified atom stereocenters. The molecule has 0 saturated carbocycles. The molecule has 1 N–H and O–H groups in total. The molecule has 0 bridgehead atoms.